The van der Waals surface area contributed by atoms with Crippen molar-refractivity contribution in [2.24, 2.45) is 0 Å². The highest BCUT2D eigenvalue weighted by Crippen LogP contribution is 2.28. The van der Waals surface area contributed by atoms with Gasteiger partial charge in [-0.15, -0.1) is 0 Å². The van der Waals surface area contributed by atoms with Crippen LogP contribution in [0.5, 0.6) is 11.5 Å². The van der Waals surface area contributed by atoms with Crippen LogP contribution in [0, 0.1) is 0 Å². The number of benzene rings is 2. The van der Waals surface area contributed by atoms with Crippen molar-refractivity contribution in [1.29, 1.82) is 0 Å². The van der Waals surface area contributed by atoms with Crippen LogP contribution >= 0.6 is 11.6 Å². The summed E-state index contributed by atoms with van der Waals surface area (Å²) < 4.78 is 12.9. The lowest BCUT2D eigenvalue weighted by atomic mass is 10.0. The Morgan fingerprint density at radius 1 is 1.17 bits per heavy atom. The Morgan fingerprint density at radius 2 is 1.91 bits per heavy atom. The lowest BCUT2D eigenvalue weighted by Gasteiger charge is -2.36. The maximum absolute atomic E-state index is 10.3. The van der Waals surface area contributed by atoms with E-state index in [4.69, 9.17) is 21.1 Å². The van der Waals surface area contributed by atoms with Gasteiger partial charge in [0.25, 0.3) is 0 Å². The highest BCUT2D eigenvalue weighted by Gasteiger charge is 2.36. The number of hydrogen-bond donors (Lipinski definition) is 1. The van der Waals surface area contributed by atoms with Gasteiger partial charge < -0.3 is 19.1 Å². The molecule has 2 aromatic carbocycles. The van der Waals surface area contributed by atoms with Crippen LogP contribution in [0.2, 0.25) is 5.02 Å². The zero-order chi connectivity index (χ0) is 15.9. The van der Waals surface area contributed by atoms with Crippen LogP contribution in [0.4, 0.5) is 0 Å². The number of imidazole rings is 1. The van der Waals surface area contributed by atoms with E-state index in [1.807, 2.05) is 34.9 Å². The Balaban J connectivity index is 1.62. The molecule has 0 saturated carbocycles. The largest absolute Gasteiger partial charge is 0.457 e. The molecule has 4 rings (SSSR count). The Bertz CT molecular complexity index is 841. The summed E-state index contributed by atoms with van der Waals surface area (Å²) >= 11 is 5.88. The number of hydrogen-bond acceptors (Lipinski definition) is 4. The van der Waals surface area contributed by atoms with Gasteiger partial charge in [-0.3, -0.25) is 0 Å². The minimum atomic E-state index is -0.805. The molecule has 0 radical (unpaired) electrons. The third-order valence-corrected chi connectivity index (χ3v) is 4.10. The molecule has 118 valence electrons. The highest BCUT2D eigenvalue weighted by atomic mass is 35.5. The fraction of sp³-hybridized carbons (Fsp3) is 0.235. The maximum atomic E-state index is 10.3. The first kappa shape index (κ1) is 14.5. The standard InChI is InChI=1S/C17H15ClN2O3/c18-12-1-3-13(4-2-12)23-14-5-6-15-16(7-14)20(11-19-15)8-17(21)9-22-10-17/h1-7,11,21H,8-10H2. The quantitative estimate of drug-likeness (QED) is 0.798. The van der Waals surface area contributed by atoms with Gasteiger partial charge in [-0.2, -0.15) is 0 Å². The van der Waals surface area contributed by atoms with E-state index in [1.165, 1.54) is 0 Å². The van der Waals surface area contributed by atoms with Crippen molar-refractivity contribution >= 4 is 22.6 Å². The van der Waals surface area contributed by atoms with Gasteiger partial charge in [0, 0.05) is 11.1 Å². The molecule has 0 bridgehead atoms. The van der Waals surface area contributed by atoms with E-state index >= 15 is 0 Å². The predicted octanol–water partition coefficient (Wildman–Crippen LogP) is 3.24. The van der Waals surface area contributed by atoms with E-state index in [9.17, 15) is 5.11 Å². The molecular weight excluding hydrogens is 316 g/mol. The second kappa shape index (κ2) is 5.53. The first-order chi connectivity index (χ1) is 11.1. The van der Waals surface area contributed by atoms with Crippen molar-refractivity contribution in [3.8, 4) is 11.5 Å². The fourth-order valence-electron chi connectivity index (χ4n) is 2.61. The average molecular weight is 331 g/mol. The zero-order valence-electron chi connectivity index (χ0n) is 12.3. The van der Waals surface area contributed by atoms with E-state index in [-0.39, 0.29) is 0 Å². The summed E-state index contributed by atoms with van der Waals surface area (Å²) in [6.45, 7) is 1.16. The maximum Gasteiger partial charge on any atom is 0.129 e. The number of ether oxygens (including phenoxy) is 2. The van der Waals surface area contributed by atoms with Gasteiger partial charge in [-0.1, -0.05) is 11.6 Å². The molecule has 5 nitrogen and oxygen atoms in total. The molecule has 0 atom stereocenters. The molecule has 0 spiro atoms. The molecule has 1 aromatic heterocycles. The molecule has 0 unspecified atom stereocenters. The first-order valence-corrected chi connectivity index (χ1v) is 7.68. The highest BCUT2D eigenvalue weighted by molar-refractivity contribution is 6.30. The Kier molecular flexibility index (Phi) is 3.49. The zero-order valence-corrected chi connectivity index (χ0v) is 13.0. The number of rotatable bonds is 4. The average Bonchev–Trinajstić information content (AvgIpc) is 2.90. The summed E-state index contributed by atoms with van der Waals surface area (Å²) in [4.78, 5) is 4.36. The van der Waals surface area contributed by atoms with Gasteiger partial charge >= 0.3 is 0 Å². The lowest BCUT2D eigenvalue weighted by molar-refractivity contribution is -0.184. The van der Waals surface area contributed by atoms with Gasteiger partial charge in [0.05, 0.1) is 37.1 Å². The molecule has 6 heteroatoms. The van der Waals surface area contributed by atoms with E-state index in [0.29, 0.717) is 36.3 Å². The van der Waals surface area contributed by atoms with Crippen molar-refractivity contribution in [1.82, 2.24) is 9.55 Å². The fourth-order valence-corrected chi connectivity index (χ4v) is 2.74. The monoisotopic (exact) mass is 330 g/mol. The van der Waals surface area contributed by atoms with E-state index < -0.39 is 5.60 Å². The third kappa shape index (κ3) is 2.91. The van der Waals surface area contributed by atoms with Crippen molar-refractivity contribution < 1.29 is 14.6 Å². The Morgan fingerprint density at radius 3 is 2.61 bits per heavy atom. The SMILES string of the molecule is OC1(Cn2cnc3ccc(Oc4ccc(Cl)cc4)cc32)COC1. The van der Waals surface area contributed by atoms with Crippen LogP contribution < -0.4 is 4.74 Å². The second-order valence-electron chi connectivity index (χ2n) is 5.80. The molecule has 0 amide bonds. The number of fused-ring (bicyclic) bond motifs is 1. The number of halogens is 1. The van der Waals surface area contributed by atoms with E-state index in [2.05, 4.69) is 4.98 Å². The lowest BCUT2D eigenvalue weighted by Crippen LogP contribution is -2.52. The summed E-state index contributed by atoms with van der Waals surface area (Å²) in [5, 5.41) is 10.9. The number of aromatic nitrogens is 2. The van der Waals surface area contributed by atoms with Crippen LogP contribution in [0.1, 0.15) is 0 Å². The Hall–Kier alpha value is -2.08. The number of aliphatic hydroxyl groups is 1. The van der Waals surface area contributed by atoms with Crippen LogP contribution in [0.3, 0.4) is 0 Å². The third-order valence-electron chi connectivity index (χ3n) is 3.85. The van der Waals surface area contributed by atoms with Crippen molar-refractivity contribution in [3.05, 3.63) is 53.8 Å². The smallest absolute Gasteiger partial charge is 0.129 e. The molecule has 2 heterocycles. The second-order valence-corrected chi connectivity index (χ2v) is 6.23. The topological polar surface area (TPSA) is 56.5 Å². The van der Waals surface area contributed by atoms with Crippen molar-refractivity contribution in [2.75, 3.05) is 13.2 Å². The van der Waals surface area contributed by atoms with Crippen LogP contribution in [-0.4, -0.2) is 33.5 Å². The van der Waals surface area contributed by atoms with Crippen molar-refractivity contribution in [2.45, 2.75) is 12.1 Å². The van der Waals surface area contributed by atoms with Gasteiger partial charge in [0.1, 0.15) is 17.1 Å². The molecule has 23 heavy (non-hydrogen) atoms. The Labute approximate surface area is 138 Å². The minimum absolute atomic E-state index is 0.355. The molecule has 1 fully saturated rings. The summed E-state index contributed by atoms with van der Waals surface area (Å²) in [5.74, 6) is 1.42. The molecule has 1 N–H and O–H groups in total. The number of nitrogens with zero attached hydrogens (tertiary/aromatic N) is 2. The van der Waals surface area contributed by atoms with Crippen LogP contribution in [0.25, 0.3) is 11.0 Å². The van der Waals surface area contributed by atoms with Gasteiger partial charge in [0.2, 0.25) is 0 Å². The normalized spacial score (nSPS) is 16.3. The minimum Gasteiger partial charge on any atom is -0.457 e. The first-order valence-electron chi connectivity index (χ1n) is 7.30. The summed E-state index contributed by atoms with van der Waals surface area (Å²) in [6.07, 6.45) is 1.73. The molecule has 0 aliphatic carbocycles. The summed E-state index contributed by atoms with van der Waals surface area (Å²) in [6, 6.07) is 12.9. The van der Waals surface area contributed by atoms with E-state index in [0.717, 1.165) is 11.0 Å². The van der Waals surface area contributed by atoms with Crippen molar-refractivity contribution in [3.63, 3.8) is 0 Å². The molecule has 3 aromatic rings. The van der Waals surface area contributed by atoms with Gasteiger partial charge in [-0.05, 0) is 36.4 Å². The molecule has 1 aliphatic rings. The predicted molar refractivity (Wildman–Crippen MR) is 87.0 cm³/mol. The summed E-state index contributed by atoms with van der Waals surface area (Å²) in [7, 11) is 0. The van der Waals surface area contributed by atoms with Gasteiger partial charge in [-0.25, -0.2) is 4.98 Å². The van der Waals surface area contributed by atoms with Gasteiger partial charge in [0.15, 0.2) is 0 Å². The van der Waals surface area contributed by atoms with E-state index in [1.54, 1.807) is 18.5 Å². The summed E-state index contributed by atoms with van der Waals surface area (Å²) in [5.41, 5.74) is 0.967. The van der Waals surface area contributed by atoms with Crippen LogP contribution in [0.15, 0.2) is 48.8 Å². The molecule has 1 aliphatic heterocycles. The molecular formula is C17H15ClN2O3. The molecule has 1 saturated heterocycles. The van der Waals surface area contributed by atoms with Crippen LogP contribution in [-0.2, 0) is 11.3 Å².